The van der Waals surface area contributed by atoms with Crippen LogP contribution in [-0.2, 0) is 0 Å². The van der Waals surface area contributed by atoms with E-state index < -0.39 is 0 Å². The van der Waals surface area contributed by atoms with Gasteiger partial charge in [0, 0.05) is 11.8 Å². The Balaban J connectivity index is 2.71. The molecule has 2 aliphatic rings. The van der Waals surface area contributed by atoms with Crippen LogP contribution in [0.4, 0.5) is 0 Å². The number of fused-ring (bicyclic) bond motifs is 1. The summed E-state index contributed by atoms with van der Waals surface area (Å²) in [6.45, 7) is 0. The fraction of sp³-hybridized carbons (Fsp3) is 0. The van der Waals surface area contributed by atoms with Gasteiger partial charge in [-0.3, -0.25) is 4.98 Å². The number of hydrogen-bond donors (Lipinski definition) is 0. The van der Waals surface area contributed by atoms with Gasteiger partial charge in [-0.1, -0.05) is 6.07 Å². The molecule has 0 fully saturated rings. The lowest BCUT2D eigenvalue weighted by Crippen LogP contribution is -1.68. The molecular weight excluding hydrogens is 148 g/mol. The summed E-state index contributed by atoms with van der Waals surface area (Å²) in [6, 6.07) is 11.4. The highest BCUT2D eigenvalue weighted by Crippen LogP contribution is 2.18. The number of nitrogens with zero attached hydrogens (tertiary/aromatic N) is 2. The second kappa shape index (κ2) is 2.63. The third kappa shape index (κ3) is 1.02. The second-order valence-corrected chi connectivity index (χ2v) is 2.52. The largest absolute Gasteiger partial charge is 0.256 e. The van der Waals surface area contributed by atoms with Gasteiger partial charge in [-0.05, 0) is 24.3 Å². The Morgan fingerprint density at radius 1 is 1.25 bits per heavy atom. The standard InChI is InChI=1S/C10H6N2/c11-7-8-2-1-3-10-9(6-8)4-5-12-10/h1-6H. The highest BCUT2D eigenvalue weighted by atomic mass is 14.7. The van der Waals surface area contributed by atoms with Crippen LogP contribution in [0.3, 0.4) is 0 Å². The zero-order chi connectivity index (χ0) is 8.39. The summed E-state index contributed by atoms with van der Waals surface area (Å²) in [7, 11) is 0. The molecule has 1 heterocycles. The highest BCUT2D eigenvalue weighted by molar-refractivity contribution is 5.62. The van der Waals surface area contributed by atoms with Gasteiger partial charge < -0.3 is 0 Å². The van der Waals surface area contributed by atoms with Crippen molar-refractivity contribution >= 4 is 0 Å². The van der Waals surface area contributed by atoms with Gasteiger partial charge in [0.1, 0.15) is 0 Å². The average Bonchev–Trinajstić information content (AvgIpc) is 2.43. The van der Waals surface area contributed by atoms with Gasteiger partial charge in [0.15, 0.2) is 0 Å². The summed E-state index contributed by atoms with van der Waals surface area (Å²) >= 11 is 0. The molecule has 0 radical (unpaired) electrons. The fourth-order valence-corrected chi connectivity index (χ4v) is 1.15. The van der Waals surface area contributed by atoms with Crippen LogP contribution in [0.15, 0.2) is 36.5 Å². The zero-order valence-electron chi connectivity index (χ0n) is 6.36. The molecule has 2 rings (SSSR count). The number of hydrogen-bond acceptors (Lipinski definition) is 2. The zero-order valence-corrected chi connectivity index (χ0v) is 6.36. The van der Waals surface area contributed by atoms with E-state index in [-0.39, 0.29) is 0 Å². The Morgan fingerprint density at radius 3 is 3.00 bits per heavy atom. The Morgan fingerprint density at radius 2 is 2.17 bits per heavy atom. The molecule has 0 saturated carbocycles. The summed E-state index contributed by atoms with van der Waals surface area (Å²) in [5.74, 6) is 0. The normalized spacial score (nSPS) is 9.58. The topological polar surface area (TPSA) is 36.7 Å². The van der Waals surface area contributed by atoms with Crippen molar-refractivity contribution in [1.82, 2.24) is 4.98 Å². The maximum absolute atomic E-state index is 8.68. The molecule has 0 aromatic rings. The predicted octanol–water partition coefficient (Wildman–Crippen LogP) is 2.06. The van der Waals surface area contributed by atoms with E-state index in [2.05, 4.69) is 11.1 Å². The monoisotopic (exact) mass is 154 g/mol. The molecule has 1 aliphatic heterocycles. The minimum atomic E-state index is 0.665. The first-order chi connectivity index (χ1) is 5.90. The van der Waals surface area contributed by atoms with Crippen molar-refractivity contribution in [3.63, 3.8) is 0 Å². The first-order valence-electron chi connectivity index (χ1n) is 3.65. The molecule has 0 unspecified atom stereocenters. The lowest BCUT2D eigenvalue weighted by molar-refractivity contribution is 1.42. The third-order valence-corrected chi connectivity index (χ3v) is 1.73. The van der Waals surface area contributed by atoms with Crippen LogP contribution in [0.2, 0.25) is 0 Å². The summed E-state index contributed by atoms with van der Waals surface area (Å²) in [5, 5.41) is 8.68. The molecule has 1 aliphatic carbocycles. The fourth-order valence-electron chi connectivity index (χ4n) is 1.15. The molecule has 0 saturated heterocycles. The van der Waals surface area contributed by atoms with Crippen molar-refractivity contribution in [2.75, 3.05) is 0 Å². The molecule has 0 bridgehead atoms. The van der Waals surface area contributed by atoms with E-state index in [4.69, 9.17) is 5.26 Å². The van der Waals surface area contributed by atoms with Crippen molar-refractivity contribution in [2.24, 2.45) is 0 Å². The maximum Gasteiger partial charge on any atom is 0.0991 e. The molecule has 0 amide bonds. The molecule has 2 heteroatoms. The predicted molar refractivity (Wildman–Crippen MR) is 45.6 cm³/mol. The van der Waals surface area contributed by atoms with Crippen molar-refractivity contribution < 1.29 is 0 Å². The molecule has 0 atom stereocenters. The Bertz CT molecular complexity index is 415. The van der Waals surface area contributed by atoms with E-state index >= 15 is 0 Å². The maximum atomic E-state index is 8.68. The smallest absolute Gasteiger partial charge is 0.0991 e. The molecule has 0 spiro atoms. The second-order valence-electron chi connectivity index (χ2n) is 2.52. The van der Waals surface area contributed by atoms with Crippen molar-refractivity contribution in [3.8, 4) is 17.3 Å². The van der Waals surface area contributed by atoms with Crippen LogP contribution >= 0.6 is 0 Å². The van der Waals surface area contributed by atoms with E-state index in [0.717, 1.165) is 11.3 Å². The van der Waals surface area contributed by atoms with Gasteiger partial charge in [0.05, 0.1) is 17.3 Å². The third-order valence-electron chi connectivity index (χ3n) is 1.73. The molecule has 0 aromatic heterocycles. The molecule has 56 valence electrons. The van der Waals surface area contributed by atoms with Crippen LogP contribution in [0.1, 0.15) is 5.56 Å². The molecular formula is C10H6N2. The van der Waals surface area contributed by atoms with Crippen LogP contribution in [0, 0.1) is 11.3 Å². The number of nitriles is 1. The lowest BCUT2D eigenvalue weighted by atomic mass is 10.2. The van der Waals surface area contributed by atoms with Gasteiger partial charge in [-0.25, -0.2) is 0 Å². The Labute approximate surface area is 70.4 Å². The Hall–Kier alpha value is -1.88. The van der Waals surface area contributed by atoms with Gasteiger partial charge >= 0.3 is 0 Å². The summed E-state index contributed by atoms with van der Waals surface area (Å²) < 4.78 is 0. The molecule has 0 N–H and O–H groups in total. The highest BCUT2D eigenvalue weighted by Gasteiger charge is 2.00. The minimum Gasteiger partial charge on any atom is -0.256 e. The first-order valence-corrected chi connectivity index (χ1v) is 3.65. The van der Waals surface area contributed by atoms with Crippen molar-refractivity contribution in [3.05, 3.63) is 42.1 Å². The van der Waals surface area contributed by atoms with Crippen molar-refractivity contribution in [2.45, 2.75) is 0 Å². The molecule has 0 aromatic carbocycles. The van der Waals surface area contributed by atoms with Crippen LogP contribution in [0.5, 0.6) is 0 Å². The van der Waals surface area contributed by atoms with E-state index in [1.807, 2.05) is 24.3 Å². The molecule has 2 nitrogen and oxygen atoms in total. The number of aromatic nitrogens is 1. The van der Waals surface area contributed by atoms with Crippen LogP contribution < -0.4 is 0 Å². The van der Waals surface area contributed by atoms with Gasteiger partial charge in [-0.15, -0.1) is 0 Å². The van der Waals surface area contributed by atoms with E-state index in [1.54, 1.807) is 12.3 Å². The van der Waals surface area contributed by atoms with Crippen LogP contribution in [-0.4, -0.2) is 4.98 Å². The SMILES string of the molecule is N#Cc1cccc2nccc-2c1. The summed E-state index contributed by atoms with van der Waals surface area (Å²) in [4.78, 5) is 4.12. The minimum absolute atomic E-state index is 0.665. The quantitative estimate of drug-likeness (QED) is 0.582. The van der Waals surface area contributed by atoms with E-state index in [9.17, 15) is 0 Å². The van der Waals surface area contributed by atoms with E-state index in [1.165, 1.54) is 0 Å². The Kier molecular flexibility index (Phi) is 1.49. The van der Waals surface area contributed by atoms with Crippen molar-refractivity contribution in [1.29, 1.82) is 5.26 Å². The van der Waals surface area contributed by atoms with Gasteiger partial charge in [-0.2, -0.15) is 5.26 Å². The van der Waals surface area contributed by atoms with Crippen LogP contribution in [0.25, 0.3) is 11.3 Å². The van der Waals surface area contributed by atoms with Gasteiger partial charge in [0.2, 0.25) is 0 Å². The molecule has 12 heavy (non-hydrogen) atoms. The summed E-state index contributed by atoms with van der Waals surface area (Å²) in [6.07, 6.45) is 1.74. The summed E-state index contributed by atoms with van der Waals surface area (Å²) in [5.41, 5.74) is 2.60. The lowest BCUT2D eigenvalue weighted by Gasteiger charge is -1.85. The first kappa shape index (κ1) is 6.81. The van der Waals surface area contributed by atoms with Gasteiger partial charge in [0.25, 0.3) is 0 Å². The number of rotatable bonds is 0. The van der Waals surface area contributed by atoms with E-state index in [0.29, 0.717) is 5.56 Å². The average molecular weight is 154 g/mol.